The maximum absolute atomic E-state index is 11.4. The Hall–Kier alpha value is -2.82. The molecule has 0 aliphatic rings. The Bertz CT molecular complexity index is 664. The Labute approximate surface area is 128 Å². The summed E-state index contributed by atoms with van der Waals surface area (Å²) in [7, 11) is 0. The first kappa shape index (κ1) is 15.6. The van der Waals surface area contributed by atoms with Crippen LogP contribution in [0.3, 0.4) is 0 Å². The molecule has 0 radical (unpaired) electrons. The summed E-state index contributed by atoms with van der Waals surface area (Å²) in [6, 6.07) is 14.3. The fourth-order valence-corrected chi connectivity index (χ4v) is 1.83. The predicted molar refractivity (Wildman–Crippen MR) is 80.4 cm³/mol. The van der Waals surface area contributed by atoms with Crippen LogP contribution in [0, 0.1) is 0 Å². The van der Waals surface area contributed by atoms with Crippen LogP contribution in [0.25, 0.3) is 0 Å². The molecule has 0 heterocycles. The van der Waals surface area contributed by atoms with E-state index in [9.17, 15) is 9.59 Å². The third kappa shape index (κ3) is 4.34. The van der Waals surface area contributed by atoms with Crippen molar-refractivity contribution in [2.24, 2.45) is 0 Å². The Morgan fingerprint density at radius 2 is 1.73 bits per heavy atom. The number of carbonyl (C=O) groups is 2. The molecule has 0 atom stereocenters. The van der Waals surface area contributed by atoms with Crippen LogP contribution in [-0.4, -0.2) is 23.5 Å². The van der Waals surface area contributed by atoms with Gasteiger partial charge < -0.3 is 14.6 Å². The van der Waals surface area contributed by atoms with Gasteiger partial charge in [0.25, 0.3) is 0 Å². The van der Waals surface area contributed by atoms with Gasteiger partial charge in [0.1, 0.15) is 6.61 Å². The van der Waals surface area contributed by atoms with E-state index >= 15 is 0 Å². The number of benzene rings is 2. The van der Waals surface area contributed by atoms with Gasteiger partial charge in [-0.2, -0.15) is 0 Å². The van der Waals surface area contributed by atoms with Crippen molar-refractivity contribution in [3.8, 4) is 11.5 Å². The monoisotopic (exact) mass is 300 g/mol. The Kier molecular flexibility index (Phi) is 5.14. The second kappa shape index (κ2) is 7.26. The van der Waals surface area contributed by atoms with E-state index in [4.69, 9.17) is 14.6 Å². The summed E-state index contributed by atoms with van der Waals surface area (Å²) in [5, 5.41) is 8.72. The third-order valence-corrected chi connectivity index (χ3v) is 2.94. The molecule has 0 bridgehead atoms. The molecule has 0 saturated heterocycles. The molecule has 2 rings (SSSR count). The molecule has 2 aromatic carbocycles. The van der Waals surface area contributed by atoms with Gasteiger partial charge in [-0.3, -0.25) is 4.79 Å². The third-order valence-electron chi connectivity index (χ3n) is 2.94. The highest BCUT2D eigenvalue weighted by atomic mass is 16.5. The first-order valence-electron chi connectivity index (χ1n) is 6.72. The lowest BCUT2D eigenvalue weighted by atomic mass is 10.1. The number of ketones is 1. The summed E-state index contributed by atoms with van der Waals surface area (Å²) in [6.07, 6.45) is 0. The molecule has 0 amide bonds. The van der Waals surface area contributed by atoms with Crippen LogP contribution in [0.2, 0.25) is 0 Å². The molecule has 0 fully saturated rings. The van der Waals surface area contributed by atoms with E-state index < -0.39 is 12.6 Å². The summed E-state index contributed by atoms with van der Waals surface area (Å²) >= 11 is 0. The number of carboxylic acids is 1. The molecule has 1 N–H and O–H groups in total. The van der Waals surface area contributed by atoms with Crippen LogP contribution >= 0.6 is 0 Å². The van der Waals surface area contributed by atoms with Crippen LogP contribution in [0.5, 0.6) is 11.5 Å². The molecule has 0 unspecified atom stereocenters. The van der Waals surface area contributed by atoms with Gasteiger partial charge in [-0.1, -0.05) is 30.3 Å². The Balaban J connectivity index is 2.17. The highest BCUT2D eigenvalue weighted by Gasteiger charge is 2.11. The maximum Gasteiger partial charge on any atom is 0.341 e. The first-order chi connectivity index (χ1) is 10.6. The van der Waals surface area contributed by atoms with E-state index in [-0.39, 0.29) is 11.5 Å². The van der Waals surface area contributed by atoms with Crippen molar-refractivity contribution in [3.05, 3.63) is 59.7 Å². The standard InChI is InChI=1S/C17H16O5/c1-12(18)14-7-8-15(16(9-14)22-11-17(19)20)21-10-13-5-3-2-4-6-13/h2-9H,10-11H2,1H3,(H,19,20). The van der Waals surface area contributed by atoms with Crippen molar-refractivity contribution in [2.75, 3.05) is 6.61 Å². The second-order valence-electron chi connectivity index (χ2n) is 4.67. The molecule has 0 saturated carbocycles. The van der Waals surface area contributed by atoms with Crippen LogP contribution in [0.1, 0.15) is 22.8 Å². The zero-order valence-electron chi connectivity index (χ0n) is 12.1. The molecule has 0 aliphatic heterocycles. The lowest BCUT2D eigenvalue weighted by molar-refractivity contribution is -0.139. The van der Waals surface area contributed by atoms with E-state index in [0.29, 0.717) is 17.9 Å². The van der Waals surface area contributed by atoms with Crippen molar-refractivity contribution < 1.29 is 24.2 Å². The number of ether oxygens (including phenoxy) is 2. The molecule has 22 heavy (non-hydrogen) atoms. The number of hydrogen-bond acceptors (Lipinski definition) is 4. The van der Waals surface area contributed by atoms with Gasteiger partial charge >= 0.3 is 5.97 Å². The van der Waals surface area contributed by atoms with Gasteiger partial charge in [0, 0.05) is 5.56 Å². The van der Waals surface area contributed by atoms with Gasteiger partial charge in [0.2, 0.25) is 0 Å². The number of carboxylic acid groups (broad SMARTS) is 1. The zero-order chi connectivity index (χ0) is 15.9. The Morgan fingerprint density at radius 3 is 2.36 bits per heavy atom. The number of carbonyl (C=O) groups excluding carboxylic acids is 1. The minimum Gasteiger partial charge on any atom is -0.485 e. The maximum atomic E-state index is 11.4. The van der Waals surface area contributed by atoms with Gasteiger partial charge in [0.05, 0.1) is 0 Å². The highest BCUT2D eigenvalue weighted by molar-refractivity contribution is 5.94. The molecule has 5 nitrogen and oxygen atoms in total. The highest BCUT2D eigenvalue weighted by Crippen LogP contribution is 2.29. The van der Waals surface area contributed by atoms with E-state index in [0.717, 1.165) is 5.56 Å². The average molecular weight is 300 g/mol. The summed E-state index contributed by atoms with van der Waals surface area (Å²) in [5.74, 6) is -0.585. The van der Waals surface area contributed by atoms with Crippen LogP contribution in [0.15, 0.2) is 48.5 Å². The molecular weight excluding hydrogens is 284 g/mol. The number of hydrogen-bond donors (Lipinski definition) is 1. The van der Waals surface area contributed by atoms with Gasteiger partial charge in [-0.15, -0.1) is 0 Å². The van der Waals surface area contributed by atoms with Crippen LogP contribution in [-0.2, 0) is 11.4 Å². The lowest BCUT2D eigenvalue weighted by Crippen LogP contribution is -2.11. The lowest BCUT2D eigenvalue weighted by Gasteiger charge is -2.13. The SMILES string of the molecule is CC(=O)c1ccc(OCc2ccccc2)c(OCC(=O)O)c1. The van der Waals surface area contributed by atoms with E-state index in [2.05, 4.69) is 0 Å². The molecule has 5 heteroatoms. The quantitative estimate of drug-likeness (QED) is 0.796. The number of aliphatic carboxylic acids is 1. The van der Waals surface area contributed by atoms with Gasteiger partial charge in [-0.05, 0) is 30.7 Å². The van der Waals surface area contributed by atoms with Crippen LogP contribution in [0.4, 0.5) is 0 Å². The largest absolute Gasteiger partial charge is 0.485 e. The molecule has 0 aliphatic carbocycles. The van der Waals surface area contributed by atoms with Gasteiger partial charge in [-0.25, -0.2) is 4.79 Å². The second-order valence-corrected chi connectivity index (χ2v) is 4.67. The summed E-state index contributed by atoms with van der Waals surface area (Å²) < 4.78 is 10.9. The average Bonchev–Trinajstić information content (AvgIpc) is 2.52. The summed E-state index contributed by atoms with van der Waals surface area (Å²) in [4.78, 5) is 22.1. The minimum atomic E-state index is -1.10. The van der Waals surface area contributed by atoms with Crippen molar-refractivity contribution in [3.63, 3.8) is 0 Å². The van der Waals surface area contributed by atoms with Crippen molar-refractivity contribution in [1.82, 2.24) is 0 Å². The topological polar surface area (TPSA) is 72.8 Å². The van der Waals surface area contributed by atoms with E-state index in [1.807, 2.05) is 30.3 Å². The van der Waals surface area contributed by atoms with Crippen molar-refractivity contribution >= 4 is 11.8 Å². The van der Waals surface area contributed by atoms with E-state index in [1.165, 1.54) is 13.0 Å². The van der Waals surface area contributed by atoms with Crippen molar-refractivity contribution in [1.29, 1.82) is 0 Å². The number of Topliss-reactive ketones (excluding diaryl/α,β-unsaturated/α-hetero) is 1. The minimum absolute atomic E-state index is 0.130. The first-order valence-corrected chi connectivity index (χ1v) is 6.72. The van der Waals surface area contributed by atoms with Gasteiger partial charge in [0.15, 0.2) is 23.9 Å². The molecule has 2 aromatic rings. The summed E-state index contributed by atoms with van der Waals surface area (Å²) in [6.45, 7) is 1.26. The molecular formula is C17H16O5. The van der Waals surface area contributed by atoms with Crippen LogP contribution < -0.4 is 9.47 Å². The predicted octanol–water partition coefficient (Wildman–Crippen LogP) is 2.93. The molecule has 0 aromatic heterocycles. The summed E-state index contributed by atoms with van der Waals surface area (Å²) in [5.41, 5.74) is 1.41. The fourth-order valence-electron chi connectivity index (χ4n) is 1.83. The molecule has 114 valence electrons. The Morgan fingerprint density at radius 1 is 1.00 bits per heavy atom. The number of rotatable bonds is 7. The van der Waals surface area contributed by atoms with E-state index in [1.54, 1.807) is 12.1 Å². The smallest absolute Gasteiger partial charge is 0.341 e. The normalized spacial score (nSPS) is 10.0. The van der Waals surface area contributed by atoms with Crippen molar-refractivity contribution in [2.45, 2.75) is 13.5 Å². The zero-order valence-corrected chi connectivity index (χ0v) is 12.1. The molecule has 0 spiro atoms. The fraction of sp³-hybridized carbons (Fsp3) is 0.176.